The Morgan fingerprint density at radius 1 is 1.36 bits per heavy atom. The van der Waals surface area contributed by atoms with E-state index in [2.05, 4.69) is 28.9 Å². The molecule has 2 aromatic heterocycles. The number of rotatable bonds is 1. The third kappa shape index (κ3) is 1.13. The molecule has 0 amide bonds. The fraction of sp³-hybridized carbons (Fsp3) is 0.444. The van der Waals surface area contributed by atoms with Crippen molar-refractivity contribution in [2.75, 3.05) is 5.73 Å². The van der Waals surface area contributed by atoms with E-state index in [4.69, 9.17) is 5.73 Å². The number of aryl methyl sites for hydroxylation is 1. The zero-order valence-corrected chi connectivity index (χ0v) is 8.52. The molecule has 0 atom stereocenters. The zero-order chi connectivity index (χ0) is 10.3. The normalized spacial score (nSPS) is 11.4. The maximum Gasteiger partial charge on any atom is 0.224 e. The van der Waals surface area contributed by atoms with Gasteiger partial charge in [0, 0.05) is 5.56 Å². The monoisotopic (exact) mass is 191 g/mol. The van der Waals surface area contributed by atoms with E-state index < -0.39 is 0 Å². The quantitative estimate of drug-likeness (QED) is 0.733. The lowest BCUT2D eigenvalue weighted by Crippen LogP contribution is -2.02. The highest BCUT2D eigenvalue weighted by atomic mass is 15.3. The van der Waals surface area contributed by atoms with Gasteiger partial charge in [-0.05, 0) is 12.8 Å². The summed E-state index contributed by atoms with van der Waals surface area (Å²) in [6.45, 7) is 6.19. The minimum Gasteiger partial charge on any atom is -0.368 e. The first-order valence-corrected chi connectivity index (χ1v) is 4.57. The molecule has 2 N–H and O–H groups in total. The van der Waals surface area contributed by atoms with Crippen LogP contribution in [0.3, 0.4) is 0 Å². The van der Waals surface area contributed by atoms with Crippen LogP contribution < -0.4 is 5.73 Å². The molecule has 5 heteroatoms. The maximum atomic E-state index is 5.69. The molecular formula is C9H13N5. The van der Waals surface area contributed by atoms with E-state index in [1.807, 2.05) is 6.92 Å². The van der Waals surface area contributed by atoms with E-state index in [9.17, 15) is 0 Å². The van der Waals surface area contributed by atoms with E-state index in [1.54, 1.807) is 4.52 Å². The summed E-state index contributed by atoms with van der Waals surface area (Å²) in [4.78, 5) is 8.08. The molecule has 0 aliphatic heterocycles. The van der Waals surface area contributed by atoms with Gasteiger partial charge >= 0.3 is 0 Å². The Morgan fingerprint density at radius 3 is 2.71 bits per heavy atom. The molecular weight excluding hydrogens is 178 g/mol. The molecule has 0 radical (unpaired) electrons. The van der Waals surface area contributed by atoms with Crippen molar-refractivity contribution in [2.45, 2.75) is 26.7 Å². The molecule has 14 heavy (non-hydrogen) atoms. The second-order valence-corrected chi connectivity index (χ2v) is 3.62. The average Bonchev–Trinajstić information content (AvgIpc) is 2.42. The lowest BCUT2D eigenvalue weighted by molar-refractivity contribution is 0.860. The first kappa shape index (κ1) is 8.93. The first-order valence-electron chi connectivity index (χ1n) is 4.57. The lowest BCUT2D eigenvalue weighted by atomic mass is 10.0. The molecule has 0 saturated carbocycles. The number of aromatic nitrogens is 4. The summed E-state index contributed by atoms with van der Waals surface area (Å²) in [5.41, 5.74) is 8.60. The molecule has 2 rings (SSSR count). The molecule has 0 unspecified atom stereocenters. The Morgan fingerprint density at radius 2 is 2.07 bits per heavy atom. The van der Waals surface area contributed by atoms with Gasteiger partial charge in [-0.25, -0.2) is 9.97 Å². The minimum atomic E-state index is 0.380. The number of fused-ring (bicyclic) bond motifs is 1. The molecule has 0 saturated heterocycles. The van der Waals surface area contributed by atoms with E-state index in [0.29, 0.717) is 11.9 Å². The summed E-state index contributed by atoms with van der Waals surface area (Å²) in [5.74, 6) is 0.770. The predicted octanol–water partition coefficient (Wildman–Crippen LogP) is 1.14. The Bertz CT molecular complexity index is 471. The second kappa shape index (κ2) is 2.94. The van der Waals surface area contributed by atoms with Gasteiger partial charge in [-0.3, -0.25) is 0 Å². The third-order valence-corrected chi connectivity index (χ3v) is 2.25. The van der Waals surface area contributed by atoms with Gasteiger partial charge < -0.3 is 5.73 Å². The van der Waals surface area contributed by atoms with E-state index in [1.165, 1.54) is 6.33 Å². The molecule has 0 bridgehead atoms. The van der Waals surface area contributed by atoms with Crippen LogP contribution in [0, 0.1) is 6.92 Å². The smallest absolute Gasteiger partial charge is 0.224 e. The van der Waals surface area contributed by atoms with Crippen LogP contribution in [0.1, 0.15) is 31.0 Å². The second-order valence-electron chi connectivity index (χ2n) is 3.62. The highest BCUT2D eigenvalue weighted by Crippen LogP contribution is 2.22. The number of nitrogens with two attached hydrogens (primary N) is 1. The summed E-state index contributed by atoms with van der Waals surface area (Å²) in [7, 11) is 0. The number of anilines is 1. The van der Waals surface area contributed by atoms with Crippen molar-refractivity contribution in [1.82, 2.24) is 19.6 Å². The maximum absolute atomic E-state index is 5.69. The first-order chi connectivity index (χ1) is 6.61. The van der Waals surface area contributed by atoms with Crippen LogP contribution in [0.25, 0.3) is 5.65 Å². The SMILES string of the molecule is Cc1nn2c(N)ncnc2c1C(C)C. The van der Waals surface area contributed by atoms with Crippen LogP contribution in [0.2, 0.25) is 0 Å². The van der Waals surface area contributed by atoms with Gasteiger partial charge in [-0.15, -0.1) is 0 Å². The standard InChI is InChI=1S/C9H13N5/c1-5(2)7-6(3)13-14-8(7)11-4-12-9(14)10/h4-5H,1-3H3,(H2,10,11,12). The molecule has 74 valence electrons. The van der Waals surface area contributed by atoms with Gasteiger partial charge in [-0.2, -0.15) is 9.61 Å². The highest BCUT2D eigenvalue weighted by molar-refractivity contribution is 5.53. The van der Waals surface area contributed by atoms with Crippen LogP contribution in [0.15, 0.2) is 6.33 Å². The number of hydrogen-bond donors (Lipinski definition) is 1. The van der Waals surface area contributed by atoms with Crippen molar-refractivity contribution >= 4 is 11.6 Å². The highest BCUT2D eigenvalue weighted by Gasteiger charge is 2.14. The van der Waals surface area contributed by atoms with Crippen LogP contribution in [-0.4, -0.2) is 19.6 Å². The minimum absolute atomic E-state index is 0.380. The Hall–Kier alpha value is -1.65. The van der Waals surface area contributed by atoms with Gasteiger partial charge in [0.15, 0.2) is 5.65 Å². The number of nitrogens with zero attached hydrogens (tertiary/aromatic N) is 4. The van der Waals surface area contributed by atoms with Crippen molar-refractivity contribution in [3.63, 3.8) is 0 Å². The van der Waals surface area contributed by atoms with Crippen molar-refractivity contribution in [2.24, 2.45) is 0 Å². The molecule has 2 heterocycles. The van der Waals surface area contributed by atoms with Crippen molar-refractivity contribution in [1.29, 1.82) is 0 Å². The summed E-state index contributed by atoms with van der Waals surface area (Å²) in [5, 5.41) is 4.30. The van der Waals surface area contributed by atoms with E-state index >= 15 is 0 Å². The third-order valence-electron chi connectivity index (χ3n) is 2.25. The zero-order valence-electron chi connectivity index (χ0n) is 8.52. The van der Waals surface area contributed by atoms with Crippen LogP contribution in [-0.2, 0) is 0 Å². The molecule has 0 fully saturated rings. The predicted molar refractivity (Wildman–Crippen MR) is 54.0 cm³/mol. The van der Waals surface area contributed by atoms with Gasteiger partial charge in [0.1, 0.15) is 6.33 Å². The topological polar surface area (TPSA) is 69.1 Å². The van der Waals surface area contributed by atoms with Gasteiger partial charge in [0.2, 0.25) is 5.95 Å². The van der Waals surface area contributed by atoms with Gasteiger partial charge in [0.25, 0.3) is 0 Å². The lowest BCUT2D eigenvalue weighted by Gasteiger charge is -2.02. The Labute approximate surface area is 82.0 Å². The van der Waals surface area contributed by atoms with E-state index in [-0.39, 0.29) is 0 Å². The average molecular weight is 191 g/mol. The number of hydrogen-bond acceptors (Lipinski definition) is 4. The van der Waals surface area contributed by atoms with Crippen molar-refractivity contribution in [3.05, 3.63) is 17.6 Å². The van der Waals surface area contributed by atoms with Crippen LogP contribution in [0.4, 0.5) is 5.95 Å². The molecule has 2 aromatic rings. The summed E-state index contributed by atoms with van der Waals surface area (Å²) in [6, 6.07) is 0. The van der Waals surface area contributed by atoms with E-state index in [0.717, 1.165) is 16.9 Å². The van der Waals surface area contributed by atoms with Gasteiger partial charge in [-0.1, -0.05) is 13.8 Å². The van der Waals surface area contributed by atoms with Crippen molar-refractivity contribution < 1.29 is 0 Å². The van der Waals surface area contributed by atoms with Gasteiger partial charge in [0.05, 0.1) is 5.69 Å². The summed E-state index contributed by atoms with van der Waals surface area (Å²) in [6.07, 6.45) is 1.47. The number of nitrogen functional groups attached to an aromatic ring is 1. The Balaban J connectivity index is 2.83. The molecule has 0 aliphatic rings. The fourth-order valence-electron chi connectivity index (χ4n) is 1.68. The molecule has 5 nitrogen and oxygen atoms in total. The Kier molecular flexibility index (Phi) is 1.87. The van der Waals surface area contributed by atoms with Crippen molar-refractivity contribution in [3.8, 4) is 0 Å². The van der Waals surface area contributed by atoms with Crippen LogP contribution >= 0.6 is 0 Å². The largest absolute Gasteiger partial charge is 0.368 e. The van der Waals surface area contributed by atoms with Crippen LogP contribution in [0.5, 0.6) is 0 Å². The molecule has 0 spiro atoms. The molecule has 0 aromatic carbocycles. The molecule has 0 aliphatic carbocycles. The summed E-state index contributed by atoms with van der Waals surface area (Å²) < 4.78 is 1.59. The fourth-order valence-corrected chi connectivity index (χ4v) is 1.68. The summed E-state index contributed by atoms with van der Waals surface area (Å²) >= 11 is 0.